The van der Waals surface area contributed by atoms with Gasteiger partial charge >= 0.3 is 11.9 Å². The van der Waals surface area contributed by atoms with Gasteiger partial charge in [0.25, 0.3) is 0 Å². The van der Waals surface area contributed by atoms with Crippen molar-refractivity contribution in [1.29, 1.82) is 0 Å². The first-order chi connectivity index (χ1) is 11.0. The molecule has 2 unspecified atom stereocenters. The van der Waals surface area contributed by atoms with Gasteiger partial charge in [0.15, 0.2) is 0 Å². The second-order valence-electron chi connectivity index (χ2n) is 7.89. The number of fused-ring (bicyclic) bond motifs is 2. The number of carbonyl (C=O) groups excluding carboxylic acids is 2. The zero-order valence-electron chi connectivity index (χ0n) is 15.8. The Labute approximate surface area is 146 Å². The smallest absolute Gasteiger partial charge is 0.334 e. The Morgan fingerprint density at radius 3 is 1.67 bits per heavy atom. The van der Waals surface area contributed by atoms with Crippen LogP contribution in [-0.2, 0) is 19.1 Å². The third-order valence-corrected chi connectivity index (χ3v) is 7.04. The van der Waals surface area contributed by atoms with Crippen molar-refractivity contribution in [2.75, 3.05) is 14.2 Å². The van der Waals surface area contributed by atoms with E-state index in [1.165, 1.54) is 25.4 Å². The van der Waals surface area contributed by atoms with Crippen LogP contribution in [0.1, 0.15) is 41.5 Å². The number of hydrogen-bond donors (Lipinski definition) is 0. The molecule has 0 aliphatic heterocycles. The normalized spacial score (nSPS) is 29.7. The van der Waals surface area contributed by atoms with Gasteiger partial charge in [0, 0.05) is 17.0 Å². The number of rotatable bonds is 3. The fourth-order valence-electron chi connectivity index (χ4n) is 3.98. The molecule has 0 radical (unpaired) electrons. The summed E-state index contributed by atoms with van der Waals surface area (Å²) in [4.78, 5) is 24.9. The largest absolute Gasteiger partial charge is 0.466 e. The zero-order chi connectivity index (χ0) is 18.4. The minimum absolute atomic E-state index is 0.0608. The number of esters is 2. The average Bonchev–Trinajstić information content (AvgIpc) is 2.88. The molecule has 0 heterocycles. The molecular formula is C19H27O4P. The van der Waals surface area contributed by atoms with E-state index in [0.717, 1.165) is 8.20 Å². The fraction of sp³-hybridized carbons (Fsp3) is 0.632. The molecule has 0 aromatic heterocycles. The van der Waals surface area contributed by atoms with E-state index in [0.29, 0.717) is 11.1 Å². The summed E-state index contributed by atoms with van der Waals surface area (Å²) in [7, 11) is 3.84. The molecule has 5 heteroatoms. The van der Waals surface area contributed by atoms with Crippen molar-refractivity contribution in [1.82, 2.24) is 0 Å². The molecule has 0 saturated heterocycles. The molecule has 2 aliphatic rings. The van der Waals surface area contributed by atoms with E-state index in [4.69, 9.17) is 9.47 Å². The van der Waals surface area contributed by atoms with Crippen LogP contribution in [-0.4, -0.2) is 37.1 Å². The monoisotopic (exact) mass is 350 g/mol. The third kappa shape index (κ3) is 2.75. The molecule has 24 heavy (non-hydrogen) atoms. The van der Waals surface area contributed by atoms with Crippen molar-refractivity contribution in [2.24, 2.45) is 17.3 Å². The van der Waals surface area contributed by atoms with Crippen LogP contribution >= 0.6 is 8.20 Å². The molecule has 2 atom stereocenters. The van der Waals surface area contributed by atoms with E-state index in [9.17, 15) is 9.59 Å². The summed E-state index contributed by atoms with van der Waals surface area (Å²) in [6, 6.07) is 0. The summed E-state index contributed by atoms with van der Waals surface area (Å²) < 4.78 is 9.99. The molecule has 4 nitrogen and oxygen atoms in total. The maximum Gasteiger partial charge on any atom is 0.334 e. The van der Waals surface area contributed by atoms with Crippen molar-refractivity contribution in [2.45, 2.75) is 46.7 Å². The van der Waals surface area contributed by atoms with Gasteiger partial charge in [-0.05, 0) is 19.3 Å². The van der Waals surface area contributed by atoms with E-state index in [2.05, 4.69) is 47.3 Å². The second kappa shape index (κ2) is 6.15. The van der Waals surface area contributed by atoms with E-state index < -0.39 is 11.9 Å². The average molecular weight is 350 g/mol. The quantitative estimate of drug-likeness (QED) is 0.442. The number of hydrogen-bond acceptors (Lipinski definition) is 4. The highest BCUT2D eigenvalue weighted by molar-refractivity contribution is 7.40. The van der Waals surface area contributed by atoms with Gasteiger partial charge in [-0.15, -0.1) is 0 Å². The third-order valence-electron chi connectivity index (χ3n) is 5.07. The standard InChI is InChI=1S/C19H27O4P/c1-10-11(2)15-13(17(21)23-8)12(16(20)22-7)14(10)19(15,6)24-9-18(3,4)5/h9,14-15H,1-8H3. The van der Waals surface area contributed by atoms with Gasteiger partial charge < -0.3 is 9.47 Å². The van der Waals surface area contributed by atoms with Crippen molar-refractivity contribution in [3.05, 3.63) is 22.3 Å². The molecule has 0 aromatic rings. The van der Waals surface area contributed by atoms with Gasteiger partial charge in [-0.2, -0.15) is 0 Å². The first-order valence-corrected chi connectivity index (χ1v) is 9.10. The Balaban J connectivity index is 2.65. The summed E-state index contributed by atoms with van der Waals surface area (Å²) in [6.45, 7) is 12.7. The lowest BCUT2D eigenvalue weighted by molar-refractivity contribution is -0.139. The zero-order valence-corrected chi connectivity index (χ0v) is 16.7. The van der Waals surface area contributed by atoms with E-state index in [1.54, 1.807) is 0 Å². The minimum Gasteiger partial charge on any atom is -0.466 e. The lowest BCUT2D eigenvalue weighted by Crippen LogP contribution is -2.30. The maximum atomic E-state index is 12.5. The highest BCUT2D eigenvalue weighted by atomic mass is 31.1. The van der Waals surface area contributed by atoms with Crippen molar-refractivity contribution in [3.8, 4) is 0 Å². The highest BCUT2D eigenvalue weighted by Crippen LogP contribution is 2.63. The van der Waals surface area contributed by atoms with Gasteiger partial charge in [0.05, 0.1) is 25.4 Å². The molecule has 2 aliphatic carbocycles. The Kier molecular flexibility index (Phi) is 4.85. The minimum atomic E-state index is -0.424. The second-order valence-corrected chi connectivity index (χ2v) is 9.37. The molecule has 0 amide bonds. The number of allylic oxidation sites excluding steroid dienone is 2. The summed E-state index contributed by atoms with van der Waals surface area (Å²) >= 11 is 0. The molecule has 132 valence electrons. The highest BCUT2D eigenvalue weighted by Gasteiger charge is 2.60. The molecular weight excluding hydrogens is 323 g/mol. The van der Waals surface area contributed by atoms with Crippen LogP contribution in [0.25, 0.3) is 0 Å². The number of ether oxygens (including phenoxy) is 2. The molecule has 0 N–H and O–H groups in total. The van der Waals surface area contributed by atoms with E-state index in [1.807, 2.05) is 0 Å². The Morgan fingerprint density at radius 2 is 1.38 bits per heavy atom. The molecule has 2 bridgehead atoms. The Hall–Kier alpha value is -1.41. The van der Waals surface area contributed by atoms with Crippen LogP contribution in [0.4, 0.5) is 0 Å². The van der Waals surface area contributed by atoms with Crippen molar-refractivity contribution in [3.63, 3.8) is 0 Å². The van der Waals surface area contributed by atoms with E-state index in [-0.39, 0.29) is 22.4 Å². The van der Waals surface area contributed by atoms with Crippen LogP contribution in [0, 0.1) is 17.3 Å². The van der Waals surface area contributed by atoms with Gasteiger partial charge in [-0.25, -0.2) is 9.59 Å². The first kappa shape index (κ1) is 18.9. The van der Waals surface area contributed by atoms with Gasteiger partial charge in [0.2, 0.25) is 0 Å². The van der Waals surface area contributed by atoms with Gasteiger partial charge in [-0.1, -0.05) is 52.8 Å². The lowest BCUT2D eigenvalue weighted by Gasteiger charge is -2.30. The fourth-order valence-corrected chi connectivity index (χ4v) is 5.59. The number of methoxy groups -OCH3 is 2. The van der Waals surface area contributed by atoms with Gasteiger partial charge in [0.1, 0.15) is 0 Å². The van der Waals surface area contributed by atoms with Crippen molar-refractivity contribution >= 4 is 25.9 Å². The predicted molar refractivity (Wildman–Crippen MR) is 97.3 cm³/mol. The summed E-state index contributed by atoms with van der Waals surface area (Å²) in [6.07, 6.45) is 0. The molecule has 0 saturated carbocycles. The van der Waals surface area contributed by atoms with Crippen LogP contribution in [0.2, 0.25) is 0 Å². The lowest BCUT2D eigenvalue weighted by atomic mass is 9.87. The SMILES string of the molecule is COC(=O)C1=C(C(=O)OC)C2C(C)=C(C)C1C2(C)P=CC(C)(C)C. The first-order valence-electron chi connectivity index (χ1n) is 8.14. The summed E-state index contributed by atoms with van der Waals surface area (Å²) in [5, 5.41) is -0.255. The van der Waals surface area contributed by atoms with Gasteiger partial charge in [-0.3, -0.25) is 0 Å². The number of carbonyl (C=O) groups is 2. The van der Waals surface area contributed by atoms with Crippen LogP contribution < -0.4 is 0 Å². The summed E-state index contributed by atoms with van der Waals surface area (Å²) in [5.41, 5.74) is 3.37. The predicted octanol–water partition coefficient (Wildman–Crippen LogP) is 3.78. The van der Waals surface area contributed by atoms with Crippen LogP contribution in [0.3, 0.4) is 0 Å². The molecule has 0 spiro atoms. The van der Waals surface area contributed by atoms with Crippen LogP contribution in [0.5, 0.6) is 0 Å². The Bertz CT molecular complexity index is 634. The topological polar surface area (TPSA) is 52.6 Å². The Morgan fingerprint density at radius 1 is 1.00 bits per heavy atom. The van der Waals surface area contributed by atoms with Crippen molar-refractivity contribution < 1.29 is 19.1 Å². The van der Waals surface area contributed by atoms with E-state index >= 15 is 0 Å². The molecule has 0 fully saturated rings. The molecule has 0 aromatic carbocycles. The van der Waals surface area contributed by atoms with Crippen LogP contribution in [0.15, 0.2) is 22.3 Å². The molecule has 2 rings (SSSR count). The summed E-state index contributed by atoms with van der Waals surface area (Å²) in [5.74, 6) is 1.20. The maximum absolute atomic E-state index is 12.5.